The lowest BCUT2D eigenvalue weighted by Crippen LogP contribution is -1.98. The molecule has 0 saturated carbocycles. The van der Waals surface area contributed by atoms with E-state index in [0.29, 0.717) is 16.2 Å². The van der Waals surface area contributed by atoms with Crippen molar-refractivity contribution in [3.05, 3.63) is 45.4 Å². The van der Waals surface area contributed by atoms with Gasteiger partial charge < -0.3 is 5.11 Å². The second-order valence-corrected chi connectivity index (χ2v) is 4.12. The fourth-order valence-corrected chi connectivity index (χ4v) is 1.61. The van der Waals surface area contributed by atoms with Crippen molar-refractivity contribution in [2.24, 2.45) is 0 Å². The van der Waals surface area contributed by atoms with Crippen molar-refractivity contribution in [3.63, 3.8) is 0 Å². The molecule has 70 valence electrons. The van der Waals surface area contributed by atoms with Gasteiger partial charge in [0.05, 0.1) is 5.02 Å². The molecule has 0 aromatic heterocycles. The van der Waals surface area contributed by atoms with E-state index in [4.69, 9.17) is 11.6 Å². The Morgan fingerprint density at radius 2 is 2.23 bits per heavy atom. The fraction of sp³-hybridized carbons (Fsp3) is 0.200. The second kappa shape index (κ2) is 4.27. The molecule has 0 radical (unpaired) electrons. The topological polar surface area (TPSA) is 20.2 Å². The molecular weight excluding hydrogens is 251 g/mol. The lowest BCUT2D eigenvalue weighted by molar-refractivity contribution is 0.216. The Labute approximate surface area is 91.2 Å². The Kier molecular flexibility index (Phi) is 3.54. The number of benzene rings is 1. The van der Waals surface area contributed by atoms with Crippen LogP contribution in [0.4, 0.5) is 0 Å². The average Bonchev–Trinajstić information content (AvgIpc) is 2.08. The smallest absolute Gasteiger partial charge is 0.101 e. The zero-order valence-corrected chi connectivity index (χ0v) is 9.56. The number of hydrogen-bond acceptors (Lipinski definition) is 1. The van der Waals surface area contributed by atoms with E-state index in [-0.39, 0.29) is 0 Å². The van der Waals surface area contributed by atoms with Crippen molar-refractivity contribution >= 4 is 27.5 Å². The van der Waals surface area contributed by atoms with Gasteiger partial charge in [-0.25, -0.2) is 0 Å². The molecule has 1 atom stereocenters. The third kappa shape index (κ3) is 2.33. The minimum atomic E-state index is -0.690. The number of aliphatic hydroxyl groups excluding tert-OH is 1. The van der Waals surface area contributed by atoms with Gasteiger partial charge in [0.1, 0.15) is 6.10 Å². The van der Waals surface area contributed by atoms with E-state index in [9.17, 15) is 5.11 Å². The van der Waals surface area contributed by atoms with Crippen LogP contribution in [0.25, 0.3) is 0 Å². The van der Waals surface area contributed by atoms with Gasteiger partial charge in [-0.15, -0.1) is 0 Å². The third-order valence-corrected chi connectivity index (χ3v) is 3.05. The monoisotopic (exact) mass is 260 g/mol. The molecule has 0 aliphatic rings. The predicted octanol–water partition coefficient (Wildman–Crippen LogP) is 3.71. The van der Waals surface area contributed by atoms with Crippen molar-refractivity contribution in [2.45, 2.75) is 13.0 Å². The van der Waals surface area contributed by atoms with Gasteiger partial charge in [-0.05, 0) is 34.5 Å². The quantitative estimate of drug-likeness (QED) is 0.805. The molecular formula is C10H10BrClO. The first kappa shape index (κ1) is 10.8. The first-order valence-electron chi connectivity index (χ1n) is 3.81. The van der Waals surface area contributed by atoms with Crippen LogP contribution in [0.5, 0.6) is 0 Å². The third-order valence-electron chi connectivity index (χ3n) is 1.74. The number of hydrogen-bond donors (Lipinski definition) is 1. The predicted molar refractivity (Wildman–Crippen MR) is 58.9 cm³/mol. The standard InChI is InChI=1S/C10H10BrClO/c1-6(2)10(13)7-4-3-5-8(11)9(7)12/h3-5,10,13H,1H2,2H3. The Balaban J connectivity index is 3.15. The maximum absolute atomic E-state index is 9.70. The first-order chi connectivity index (χ1) is 6.04. The van der Waals surface area contributed by atoms with Gasteiger partial charge in [-0.2, -0.15) is 0 Å². The van der Waals surface area contributed by atoms with E-state index in [1.54, 1.807) is 13.0 Å². The van der Waals surface area contributed by atoms with Gasteiger partial charge in [0, 0.05) is 10.0 Å². The van der Waals surface area contributed by atoms with E-state index in [0.717, 1.165) is 4.47 Å². The maximum atomic E-state index is 9.70. The van der Waals surface area contributed by atoms with Crippen LogP contribution < -0.4 is 0 Å². The summed E-state index contributed by atoms with van der Waals surface area (Å²) in [6.45, 7) is 5.44. The molecule has 0 aliphatic carbocycles. The molecule has 0 spiro atoms. The van der Waals surface area contributed by atoms with Crippen molar-refractivity contribution in [1.29, 1.82) is 0 Å². The zero-order valence-electron chi connectivity index (χ0n) is 7.22. The summed E-state index contributed by atoms with van der Waals surface area (Å²) in [5, 5.41) is 10.2. The van der Waals surface area contributed by atoms with Crippen LogP contribution in [-0.2, 0) is 0 Å². The van der Waals surface area contributed by atoms with Crippen molar-refractivity contribution < 1.29 is 5.11 Å². The van der Waals surface area contributed by atoms with E-state index < -0.39 is 6.10 Å². The van der Waals surface area contributed by atoms with Gasteiger partial charge in [0.15, 0.2) is 0 Å². The Morgan fingerprint density at radius 1 is 1.62 bits per heavy atom. The summed E-state index contributed by atoms with van der Waals surface area (Å²) >= 11 is 9.27. The van der Waals surface area contributed by atoms with Gasteiger partial charge >= 0.3 is 0 Å². The molecule has 0 fully saturated rings. The lowest BCUT2D eigenvalue weighted by atomic mass is 10.0. The Hall–Kier alpha value is -0.310. The average molecular weight is 262 g/mol. The Morgan fingerprint density at radius 3 is 2.77 bits per heavy atom. The molecule has 13 heavy (non-hydrogen) atoms. The molecule has 0 heterocycles. The molecule has 1 N–H and O–H groups in total. The molecule has 1 unspecified atom stereocenters. The highest BCUT2D eigenvalue weighted by Gasteiger charge is 2.13. The largest absolute Gasteiger partial charge is 0.384 e. The summed E-state index contributed by atoms with van der Waals surface area (Å²) < 4.78 is 0.784. The van der Waals surface area contributed by atoms with E-state index >= 15 is 0 Å². The van der Waals surface area contributed by atoms with Crippen LogP contribution in [0.3, 0.4) is 0 Å². The van der Waals surface area contributed by atoms with Gasteiger partial charge in [-0.1, -0.05) is 30.3 Å². The summed E-state index contributed by atoms with van der Waals surface area (Å²) in [4.78, 5) is 0. The fourth-order valence-electron chi connectivity index (χ4n) is 0.997. The molecule has 0 bridgehead atoms. The van der Waals surface area contributed by atoms with Crippen LogP contribution in [-0.4, -0.2) is 5.11 Å². The summed E-state index contributed by atoms with van der Waals surface area (Å²) in [6, 6.07) is 5.45. The van der Waals surface area contributed by atoms with E-state index in [1.165, 1.54) is 0 Å². The number of rotatable bonds is 2. The highest BCUT2D eigenvalue weighted by Crippen LogP contribution is 2.32. The summed E-state index contributed by atoms with van der Waals surface area (Å²) in [6.07, 6.45) is -0.690. The van der Waals surface area contributed by atoms with Crippen LogP contribution in [0, 0.1) is 0 Å². The summed E-state index contributed by atoms with van der Waals surface area (Å²) in [7, 11) is 0. The molecule has 1 rings (SSSR count). The van der Waals surface area contributed by atoms with Crippen molar-refractivity contribution in [2.75, 3.05) is 0 Å². The van der Waals surface area contributed by atoms with Crippen molar-refractivity contribution in [3.8, 4) is 0 Å². The SMILES string of the molecule is C=C(C)C(O)c1cccc(Br)c1Cl. The first-order valence-corrected chi connectivity index (χ1v) is 4.98. The zero-order chi connectivity index (χ0) is 10.0. The molecule has 1 aromatic carbocycles. The summed E-state index contributed by atoms with van der Waals surface area (Å²) in [5.41, 5.74) is 1.36. The van der Waals surface area contributed by atoms with E-state index in [2.05, 4.69) is 22.5 Å². The van der Waals surface area contributed by atoms with Crippen LogP contribution >= 0.6 is 27.5 Å². The maximum Gasteiger partial charge on any atom is 0.101 e. The molecule has 0 aliphatic heterocycles. The molecule has 0 saturated heterocycles. The second-order valence-electron chi connectivity index (χ2n) is 2.89. The van der Waals surface area contributed by atoms with Crippen molar-refractivity contribution in [1.82, 2.24) is 0 Å². The van der Waals surface area contributed by atoms with Gasteiger partial charge in [0.25, 0.3) is 0 Å². The number of halogens is 2. The van der Waals surface area contributed by atoms with Gasteiger partial charge in [-0.3, -0.25) is 0 Å². The summed E-state index contributed by atoms with van der Waals surface area (Å²) in [5.74, 6) is 0. The normalized spacial score (nSPS) is 12.6. The molecule has 1 nitrogen and oxygen atoms in total. The molecule has 3 heteroatoms. The molecule has 0 amide bonds. The van der Waals surface area contributed by atoms with Gasteiger partial charge in [0.2, 0.25) is 0 Å². The minimum Gasteiger partial charge on any atom is -0.384 e. The lowest BCUT2D eigenvalue weighted by Gasteiger charge is -2.12. The van der Waals surface area contributed by atoms with Crippen LogP contribution in [0.1, 0.15) is 18.6 Å². The van der Waals surface area contributed by atoms with Crippen LogP contribution in [0.2, 0.25) is 5.02 Å². The molecule has 1 aromatic rings. The highest BCUT2D eigenvalue weighted by molar-refractivity contribution is 9.10. The number of aliphatic hydroxyl groups is 1. The van der Waals surface area contributed by atoms with E-state index in [1.807, 2.05) is 12.1 Å². The van der Waals surface area contributed by atoms with Crippen LogP contribution in [0.15, 0.2) is 34.8 Å². The highest BCUT2D eigenvalue weighted by atomic mass is 79.9. The Bertz CT molecular complexity index is 336. The minimum absolute atomic E-state index is 0.540.